The molecule has 1 N–H and O–H groups in total. The van der Waals surface area contributed by atoms with Crippen molar-refractivity contribution in [3.05, 3.63) is 18.2 Å². The highest BCUT2D eigenvalue weighted by Crippen LogP contribution is 2.69. The first-order chi connectivity index (χ1) is 14.5. The van der Waals surface area contributed by atoms with Crippen LogP contribution in [-0.2, 0) is 11.3 Å². The Hall–Kier alpha value is -1.37. The zero-order valence-corrected chi connectivity index (χ0v) is 18.4. The lowest BCUT2D eigenvalue weighted by atomic mass is 9.47. The Labute approximate surface area is 181 Å². The number of aromatic nitrogens is 2. The molecule has 4 aliphatic rings. The van der Waals surface area contributed by atoms with Gasteiger partial charge < -0.3 is 5.11 Å². The number of aliphatic hydroxyl groups is 1. The molecule has 1 aromatic rings. The summed E-state index contributed by atoms with van der Waals surface area (Å²) in [4.78, 5) is 13.1. The van der Waals surface area contributed by atoms with E-state index in [9.17, 15) is 14.3 Å². The molecule has 8 atom stereocenters. The lowest BCUT2D eigenvalue weighted by Gasteiger charge is -2.59. The number of halogens is 3. The van der Waals surface area contributed by atoms with Gasteiger partial charge in [0.15, 0.2) is 11.6 Å². The molecule has 1 unspecified atom stereocenters. The van der Waals surface area contributed by atoms with Gasteiger partial charge in [-0.05, 0) is 81.5 Å². The van der Waals surface area contributed by atoms with E-state index in [2.05, 4.69) is 5.10 Å². The summed E-state index contributed by atoms with van der Waals surface area (Å²) in [5.41, 5.74) is -2.01. The first-order valence-corrected chi connectivity index (χ1v) is 11.8. The van der Waals surface area contributed by atoms with Gasteiger partial charge in [0, 0.05) is 17.8 Å². The average molecular weight is 439 g/mol. The van der Waals surface area contributed by atoms with Crippen LogP contribution in [-0.4, -0.2) is 32.2 Å². The fourth-order valence-corrected chi connectivity index (χ4v) is 8.25. The molecule has 5 rings (SSSR count). The minimum atomic E-state index is -2.91. The molecule has 0 saturated heterocycles. The van der Waals surface area contributed by atoms with Gasteiger partial charge in [-0.2, -0.15) is 5.10 Å². The van der Waals surface area contributed by atoms with Crippen molar-refractivity contribution >= 4 is 5.78 Å². The monoisotopic (exact) mass is 438 g/mol. The van der Waals surface area contributed by atoms with Gasteiger partial charge in [0.25, 0.3) is 5.92 Å². The van der Waals surface area contributed by atoms with E-state index in [4.69, 9.17) is 0 Å². The molecule has 4 fully saturated rings. The Kier molecular flexibility index (Phi) is 4.89. The van der Waals surface area contributed by atoms with Crippen molar-refractivity contribution < 1.29 is 23.1 Å². The molecule has 4 saturated carbocycles. The highest BCUT2D eigenvalue weighted by atomic mass is 19.3. The number of ketones is 1. The van der Waals surface area contributed by atoms with Crippen LogP contribution in [0.3, 0.4) is 0 Å². The van der Waals surface area contributed by atoms with Crippen LogP contribution in [0.15, 0.2) is 12.4 Å². The van der Waals surface area contributed by atoms with E-state index in [0.29, 0.717) is 25.2 Å². The molecule has 4 aliphatic carbocycles. The Morgan fingerprint density at radius 3 is 2.61 bits per heavy atom. The second kappa shape index (κ2) is 7.06. The Balaban J connectivity index is 1.40. The summed E-state index contributed by atoms with van der Waals surface area (Å²) < 4.78 is 46.3. The zero-order chi connectivity index (χ0) is 22.2. The summed E-state index contributed by atoms with van der Waals surface area (Å²) >= 11 is 0. The van der Waals surface area contributed by atoms with Crippen molar-refractivity contribution in [2.75, 3.05) is 0 Å². The van der Waals surface area contributed by atoms with Crippen molar-refractivity contribution in [2.45, 2.75) is 83.3 Å². The van der Waals surface area contributed by atoms with Gasteiger partial charge in [-0.3, -0.25) is 9.48 Å². The fraction of sp³-hybridized carbons (Fsp3) is 0.833. The van der Waals surface area contributed by atoms with Gasteiger partial charge in [0.05, 0.1) is 24.5 Å². The first kappa shape index (κ1) is 21.5. The molecule has 31 heavy (non-hydrogen) atoms. The van der Waals surface area contributed by atoms with Crippen molar-refractivity contribution in [3.8, 4) is 0 Å². The lowest BCUT2D eigenvalue weighted by molar-refractivity contribution is -0.228. The van der Waals surface area contributed by atoms with Crippen LogP contribution in [0.5, 0.6) is 0 Å². The SMILES string of the molecule is C[C@@]1(O)CC[C@H]2[C@H](CCC3[C@@H]2CC(F)(F)[C@]2(C)[C@@H](C(=O)Cn4cc(F)cn4)CC[C@@H]32)C1. The smallest absolute Gasteiger partial charge is 0.254 e. The molecule has 172 valence electrons. The summed E-state index contributed by atoms with van der Waals surface area (Å²) in [5.74, 6) is -3.77. The van der Waals surface area contributed by atoms with E-state index in [1.165, 1.54) is 4.68 Å². The number of fused-ring (bicyclic) bond motifs is 5. The standard InChI is InChI=1S/C24H33F3N2O2/c1-22(31)8-7-16-14(9-22)3-4-17-18(16)10-24(26,27)23(2)19(17)5-6-20(23)21(30)13-29-12-15(25)11-28-29/h11-12,14,16-20,31H,3-10,13H2,1-2H3/t14-,16+,17?,18-,19+,20-,22-,23+/m1/s1. The number of rotatable bonds is 3. The number of nitrogens with zero attached hydrogens (tertiary/aromatic N) is 2. The lowest BCUT2D eigenvalue weighted by Crippen LogP contribution is -2.59. The van der Waals surface area contributed by atoms with Crippen molar-refractivity contribution in [2.24, 2.45) is 40.9 Å². The first-order valence-electron chi connectivity index (χ1n) is 11.8. The van der Waals surface area contributed by atoms with E-state index < -0.39 is 28.7 Å². The number of carbonyl (C=O) groups excluding carboxylic acids is 1. The molecule has 0 aliphatic heterocycles. The minimum absolute atomic E-state index is 0.0167. The van der Waals surface area contributed by atoms with Gasteiger partial charge >= 0.3 is 0 Å². The van der Waals surface area contributed by atoms with Crippen molar-refractivity contribution in [3.63, 3.8) is 0 Å². The predicted molar refractivity (Wildman–Crippen MR) is 109 cm³/mol. The number of Topliss-reactive ketones (excluding diaryl/α,β-unsaturated/α-hetero) is 1. The molecule has 1 aromatic heterocycles. The van der Waals surface area contributed by atoms with Crippen LogP contribution < -0.4 is 0 Å². The van der Waals surface area contributed by atoms with Crippen LogP contribution in [0.25, 0.3) is 0 Å². The molecule has 0 amide bonds. The van der Waals surface area contributed by atoms with Gasteiger partial charge in [-0.15, -0.1) is 0 Å². The van der Waals surface area contributed by atoms with E-state index in [1.807, 2.05) is 6.92 Å². The third-order valence-electron chi connectivity index (χ3n) is 9.66. The number of hydrogen-bond donors (Lipinski definition) is 1. The Bertz CT molecular complexity index is 869. The summed E-state index contributed by atoms with van der Waals surface area (Å²) in [6.45, 7) is 3.37. The van der Waals surface area contributed by atoms with E-state index in [0.717, 1.165) is 38.1 Å². The van der Waals surface area contributed by atoms with E-state index >= 15 is 8.78 Å². The summed E-state index contributed by atoms with van der Waals surface area (Å²) in [7, 11) is 0. The van der Waals surface area contributed by atoms with Crippen LogP contribution in [0.2, 0.25) is 0 Å². The topological polar surface area (TPSA) is 55.1 Å². The second-order valence-electron chi connectivity index (χ2n) is 11.3. The summed E-state index contributed by atoms with van der Waals surface area (Å²) in [5, 5.41) is 14.3. The quantitative estimate of drug-likeness (QED) is 0.734. The van der Waals surface area contributed by atoms with Crippen molar-refractivity contribution in [1.82, 2.24) is 9.78 Å². The average Bonchev–Trinajstić information content (AvgIpc) is 3.24. The molecule has 0 radical (unpaired) electrons. The molecule has 0 spiro atoms. The summed E-state index contributed by atoms with van der Waals surface area (Å²) in [6.07, 6.45) is 7.31. The number of alkyl halides is 2. The molecule has 0 aromatic carbocycles. The van der Waals surface area contributed by atoms with E-state index in [1.54, 1.807) is 6.92 Å². The van der Waals surface area contributed by atoms with Crippen LogP contribution in [0.1, 0.15) is 65.2 Å². The number of hydrogen-bond acceptors (Lipinski definition) is 3. The maximum atomic E-state index is 15.9. The predicted octanol–water partition coefficient (Wildman–Crippen LogP) is 4.86. The largest absolute Gasteiger partial charge is 0.390 e. The highest BCUT2D eigenvalue weighted by molar-refractivity contribution is 5.82. The Morgan fingerprint density at radius 1 is 1.13 bits per heavy atom. The fourth-order valence-electron chi connectivity index (χ4n) is 8.25. The maximum Gasteiger partial charge on any atom is 0.254 e. The third kappa shape index (κ3) is 3.28. The van der Waals surface area contributed by atoms with Gasteiger partial charge in [-0.25, -0.2) is 13.2 Å². The zero-order valence-electron chi connectivity index (χ0n) is 18.4. The van der Waals surface area contributed by atoms with Crippen LogP contribution in [0.4, 0.5) is 13.2 Å². The third-order valence-corrected chi connectivity index (χ3v) is 9.66. The second-order valence-corrected chi connectivity index (χ2v) is 11.3. The normalized spacial score (nSPS) is 46.1. The van der Waals surface area contributed by atoms with E-state index in [-0.39, 0.29) is 42.4 Å². The number of carbonyl (C=O) groups is 1. The summed E-state index contributed by atoms with van der Waals surface area (Å²) in [6, 6.07) is 0. The van der Waals surface area contributed by atoms with Crippen molar-refractivity contribution in [1.29, 1.82) is 0 Å². The van der Waals surface area contributed by atoms with Crippen LogP contribution >= 0.6 is 0 Å². The maximum absolute atomic E-state index is 15.9. The highest BCUT2D eigenvalue weighted by Gasteiger charge is 2.70. The molecule has 4 nitrogen and oxygen atoms in total. The van der Waals surface area contributed by atoms with Gasteiger partial charge in [0.2, 0.25) is 0 Å². The van der Waals surface area contributed by atoms with Gasteiger partial charge in [-0.1, -0.05) is 6.92 Å². The molecule has 1 heterocycles. The molecule has 0 bridgehead atoms. The Morgan fingerprint density at radius 2 is 1.90 bits per heavy atom. The molecular formula is C24H33F3N2O2. The molecule has 7 heteroatoms. The minimum Gasteiger partial charge on any atom is -0.390 e. The van der Waals surface area contributed by atoms with Crippen LogP contribution in [0, 0.1) is 46.7 Å². The van der Waals surface area contributed by atoms with Gasteiger partial charge in [0.1, 0.15) is 0 Å². The molecular weight excluding hydrogens is 405 g/mol.